The van der Waals surface area contributed by atoms with Crippen LogP contribution in [0.4, 0.5) is 4.39 Å². The monoisotopic (exact) mass is 369 g/mol. The van der Waals surface area contributed by atoms with E-state index in [1.165, 1.54) is 17.8 Å². The molecule has 134 valence electrons. The second kappa shape index (κ2) is 8.19. The zero-order valence-electron chi connectivity index (χ0n) is 14.7. The van der Waals surface area contributed by atoms with Crippen LogP contribution in [0, 0.1) is 19.7 Å². The van der Waals surface area contributed by atoms with Gasteiger partial charge in [-0.25, -0.2) is 9.37 Å². The third kappa shape index (κ3) is 4.32. The predicted molar refractivity (Wildman–Crippen MR) is 102 cm³/mol. The number of carbonyl (C=O) groups is 1. The molecule has 0 aliphatic heterocycles. The first kappa shape index (κ1) is 18.2. The largest absolute Gasteiger partial charge is 0.351 e. The number of carbonyl (C=O) groups excluding carboxylic acids is 1. The number of imidazole rings is 1. The van der Waals surface area contributed by atoms with Crippen molar-refractivity contribution < 1.29 is 9.18 Å². The molecule has 0 atom stereocenters. The zero-order chi connectivity index (χ0) is 18.5. The maximum absolute atomic E-state index is 13.3. The van der Waals surface area contributed by atoms with Crippen molar-refractivity contribution >= 4 is 17.7 Å². The number of aryl methyl sites for hydroxylation is 2. The minimum Gasteiger partial charge on any atom is -0.351 e. The van der Waals surface area contributed by atoms with E-state index >= 15 is 0 Å². The second-order valence-corrected chi connectivity index (χ2v) is 6.96. The molecule has 3 rings (SSSR count). The Morgan fingerprint density at radius 2 is 2.00 bits per heavy atom. The summed E-state index contributed by atoms with van der Waals surface area (Å²) in [5.41, 5.74) is 3.65. The number of hydrogen-bond donors (Lipinski definition) is 1. The van der Waals surface area contributed by atoms with E-state index in [4.69, 9.17) is 0 Å². The van der Waals surface area contributed by atoms with Crippen LogP contribution in [0.15, 0.2) is 60.0 Å². The predicted octanol–water partition coefficient (Wildman–Crippen LogP) is 4.04. The molecule has 1 N–H and O–H groups in total. The zero-order valence-corrected chi connectivity index (χ0v) is 15.5. The topological polar surface area (TPSA) is 46.9 Å². The van der Waals surface area contributed by atoms with Gasteiger partial charge in [0.25, 0.3) is 0 Å². The highest BCUT2D eigenvalue weighted by Crippen LogP contribution is 2.22. The summed E-state index contributed by atoms with van der Waals surface area (Å²) >= 11 is 1.39. The summed E-state index contributed by atoms with van der Waals surface area (Å²) in [6, 6.07) is 12.9. The molecule has 2 aromatic carbocycles. The van der Waals surface area contributed by atoms with Gasteiger partial charge in [0.05, 0.1) is 11.4 Å². The van der Waals surface area contributed by atoms with Gasteiger partial charge in [0.1, 0.15) is 5.82 Å². The smallest absolute Gasteiger partial charge is 0.230 e. The third-order valence-electron chi connectivity index (χ3n) is 4.03. The first-order chi connectivity index (χ1) is 12.5. The molecule has 26 heavy (non-hydrogen) atoms. The van der Waals surface area contributed by atoms with Crippen molar-refractivity contribution in [2.24, 2.45) is 0 Å². The molecule has 1 aromatic heterocycles. The summed E-state index contributed by atoms with van der Waals surface area (Å²) in [7, 11) is 0. The number of thioether (sulfide) groups is 1. The van der Waals surface area contributed by atoms with Crippen LogP contribution in [-0.4, -0.2) is 21.2 Å². The van der Waals surface area contributed by atoms with Crippen molar-refractivity contribution in [3.63, 3.8) is 0 Å². The van der Waals surface area contributed by atoms with E-state index in [9.17, 15) is 9.18 Å². The standard InChI is InChI=1S/C20H20FN3OS/c1-14-5-3-4-6-18(14)24-10-9-22-20(24)26-13-19(25)23-12-16-7-8-17(21)15(2)11-16/h3-11H,12-13H2,1-2H3,(H,23,25). The van der Waals surface area contributed by atoms with Crippen LogP contribution >= 0.6 is 11.8 Å². The Kier molecular flexibility index (Phi) is 5.73. The highest BCUT2D eigenvalue weighted by atomic mass is 32.2. The molecule has 0 bridgehead atoms. The van der Waals surface area contributed by atoms with Crippen molar-refractivity contribution in [1.82, 2.24) is 14.9 Å². The molecule has 0 radical (unpaired) electrons. The van der Waals surface area contributed by atoms with Gasteiger partial charge in [-0.2, -0.15) is 0 Å². The van der Waals surface area contributed by atoms with Gasteiger partial charge in [-0.05, 0) is 42.7 Å². The molecule has 1 amide bonds. The fourth-order valence-corrected chi connectivity index (χ4v) is 3.41. The lowest BCUT2D eigenvalue weighted by molar-refractivity contribution is -0.118. The number of amides is 1. The van der Waals surface area contributed by atoms with E-state index in [1.807, 2.05) is 42.0 Å². The molecule has 4 nitrogen and oxygen atoms in total. The van der Waals surface area contributed by atoms with E-state index in [-0.39, 0.29) is 17.5 Å². The van der Waals surface area contributed by atoms with Gasteiger partial charge >= 0.3 is 0 Å². The van der Waals surface area contributed by atoms with Crippen LogP contribution in [-0.2, 0) is 11.3 Å². The minimum absolute atomic E-state index is 0.0867. The molecule has 3 aromatic rings. The molecule has 0 aliphatic carbocycles. The number of para-hydroxylation sites is 1. The van der Waals surface area contributed by atoms with Gasteiger partial charge in [0.2, 0.25) is 5.91 Å². The first-order valence-corrected chi connectivity index (χ1v) is 9.27. The van der Waals surface area contributed by atoms with Crippen molar-refractivity contribution in [2.45, 2.75) is 25.5 Å². The molecule has 6 heteroatoms. The number of hydrogen-bond acceptors (Lipinski definition) is 3. The van der Waals surface area contributed by atoms with E-state index in [0.29, 0.717) is 12.1 Å². The van der Waals surface area contributed by atoms with Crippen LogP contribution in [0.25, 0.3) is 5.69 Å². The summed E-state index contributed by atoms with van der Waals surface area (Å²) in [6.07, 6.45) is 3.62. The Balaban J connectivity index is 1.58. The molecule has 0 aliphatic rings. The van der Waals surface area contributed by atoms with Crippen molar-refractivity contribution in [3.05, 3.63) is 77.4 Å². The lowest BCUT2D eigenvalue weighted by Crippen LogP contribution is -2.24. The van der Waals surface area contributed by atoms with Crippen LogP contribution in [0.3, 0.4) is 0 Å². The quantitative estimate of drug-likeness (QED) is 0.667. The van der Waals surface area contributed by atoms with Crippen LogP contribution < -0.4 is 5.32 Å². The SMILES string of the molecule is Cc1cc(CNC(=O)CSc2nccn2-c2ccccc2C)ccc1F. The number of nitrogens with one attached hydrogen (secondary N) is 1. The average molecular weight is 369 g/mol. The summed E-state index contributed by atoms with van der Waals surface area (Å²) < 4.78 is 15.3. The van der Waals surface area contributed by atoms with Gasteiger partial charge in [0, 0.05) is 18.9 Å². The number of rotatable bonds is 6. The van der Waals surface area contributed by atoms with Crippen molar-refractivity contribution in [2.75, 3.05) is 5.75 Å². The Bertz CT molecular complexity index is 923. The number of benzene rings is 2. The Hall–Kier alpha value is -2.60. The second-order valence-electron chi connectivity index (χ2n) is 6.02. The number of nitrogens with zero attached hydrogens (tertiary/aromatic N) is 2. The number of halogens is 1. The van der Waals surface area contributed by atoms with Crippen molar-refractivity contribution in [1.29, 1.82) is 0 Å². The van der Waals surface area contributed by atoms with Crippen molar-refractivity contribution in [3.8, 4) is 5.69 Å². The Labute approximate surface area is 156 Å². The molecule has 0 saturated carbocycles. The first-order valence-electron chi connectivity index (χ1n) is 8.28. The summed E-state index contributed by atoms with van der Waals surface area (Å²) in [5.74, 6) is -0.0572. The third-order valence-corrected chi connectivity index (χ3v) is 4.99. The van der Waals surface area contributed by atoms with Crippen LogP contribution in [0.1, 0.15) is 16.7 Å². The van der Waals surface area contributed by atoms with Gasteiger partial charge in [-0.3, -0.25) is 9.36 Å². The lowest BCUT2D eigenvalue weighted by Gasteiger charge is -2.10. The Morgan fingerprint density at radius 3 is 2.77 bits per heavy atom. The molecule has 0 saturated heterocycles. The fraction of sp³-hybridized carbons (Fsp3) is 0.200. The molecular formula is C20H20FN3OS. The van der Waals surface area contributed by atoms with Crippen LogP contribution in [0.2, 0.25) is 0 Å². The number of aromatic nitrogens is 2. The fourth-order valence-electron chi connectivity index (χ4n) is 2.61. The maximum atomic E-state index is 13.3. The molecule has 0 spiro atoms. The molecular weight excluding hydrogens is 349 g/mol. The van der Waals surface area contributed by atoms with E-state index in [1.54, 1.807) is 25.3 Å². The van der Waals surface area contributed by atoms with Gasteiger partial charge in [-0.1, -0.05) is 42.1 Å². The Morgan fingerprint density at radius 1 is 1.19 bits per heavy atom. The normalized spacial score (nSPS) is 10.7. The molecule has 0 unspecified atom stereocenters. The summed E-state index contributed by atoms with van der Waals surface area (Å²) in [6.45, 7) is 4.13. The van der Waals surface area contributed by atoms with E-state index in [0.717, 1.165) is 22.0 Å². The molecule has 0 fully saturated rings. The highest BCUT2D eigenvalue weighted by molar-refractivity contribution is 7.99. The van der Waals surface area contributed by atoms with Crippen LogP contribution in [0.5, 0.6) is 0 Å². The van der Waals surface area contributed by atoms with E-state index in [2.05, 4.69) is 10.3 Å². The van der Waals surface area contributed by atoms with Gasteiger partial charge in [0.15, 0.2) is 5.16 Å². The summed E-state index contributed by atoms with van der Waals surface area (Å²) in [5, 5.41) is 3.63. The average Bonchev–Trinajstić information content (AvgIpc) is 3.09. The molecule has 1 heterocycles. The van der Waals surface area contributed by atoms with E-state index < -0.39 is 0 Å². The lowest BCUT2D eigenvalue weighted by atomic mass is 10.1. The summed E-state index contributed by atoms with van der Waals surface area (Å²) in [4.78, 5) is 16.5. The van der Waals surface area contributed by atoms with Gasteiger partial charge in [-0.15, -0.1) is 0 Å². The minimum atomic E-state index is -0.237. The van der Waals surface area contributed by atoms with Gasteiger partial charge < -0.3 is 5.32 Å². The highest BCUT2D eigenvalue weighted by Gasteiger charge is 2.10. The maximum Gasteiger partial charge on any atom is 0.230 e.